The Morgan fingerprint density at radius 2 is 1.89 bits per heavy atom. The second-order valence-electron chi connectivity index (χ2n) is 5.91. The smallest absolute Gasteiger partial charge is 0.118 e. The number of ether oxygens (including phenoxy) is 1. The first kappa shape index (κ1) is 12.9. The highest BCUT2D eigenvalue weighted by molar-refractivity contribution is 5.28. The van der Waals surface area contributed by atoms with Crippen molar-refractivity contribution in [1.82, 2.24) is 10.2 Å². The molecular weight excluding hydrogens is 236 g/mol. The van der Waals surface area contributed by atoms with Crippen molar-refractivity contribution in [2.24, 2.45) is 5.92 Å². The van der Waals surface area contributed by atoms with E-state index in [4.69, 9.17) is 4.74 Å². The minimum Gasteiger partial charge on any atom is -0.497 e. The van der Waals surface area contributed by atoms with Crippen LogP contribution in [0.25, 0.3) is 0 Å². The van der Waals surface area contributed by atoms with E-state index >= 15 is 0 Å². The summed E-state index contributed by atoms with van der Waals surface area (Å²) >= 11 is 0. The van der Waals surface area contributed by atoms with E-state index in [1.54, 1.807) is 7.11 Å². The topological polar surface area (TPSA) is 24.5 Å². The van der Waals surface area contributed by atoms with Crippen LogP contribution in [0.1, 0.15) is 31.4 Å². The highest BCUT2D eigenvalue weighted by atomic mass is 16.5. The molecule has 0 aromatic heterocycles. The van der Waals surface area contributed by atoms with Crippen LogP contribution in [0.3, 0.4) is 0 Å². The Hall–Kier alpha value is -1.06. The minimum absolute atomic E-state index is 0.413. The molecule has 2 atom stereocenters. The zero-order valence-corrected chi connectivity index (χ0v) is 11.9. The Balaban J connectivity index is 1.62. The summed E-state index contributed by atoms with van der Waals surface area (Å²) in [6, 6.07) is 9.50. The molecule has 0 aliphatic carbocycles. The molecule has 0 spiro atoms. The molecule has 3 heteroatoms. The van der Waals surface area contributed by atoms with Gasteiger partial charge in [-0.3, -0.25) is 0 Å². The van der Waals surface area contributed by atoms with Crippen molar-refractivity contribution in [1.29, 1.82) is 0 Å². The van der Waals surface area contributed by atoms with Gasteiger partial charge in [-0.1, -0.05) is 12.1 Å². The lowest BCUT2D eigenvalue weighted by molar-refractivity contribution is 0.0680. The van der Waals surface area contributed by atoms with E-state index in [2.05, 4.69) is 29.3 Å². The first-order chi connectivity index (χ1) is 9.26. The summed E-state index contributed by atoms with van der Waals surface area (Å²) in [6.07, 6.45) is 2.74. The van der Waals surface area contributed by atoms with Gasteiger partial charge in [0, 0.05) is 18.6 Å². The van der Waals surface area contributed by atoms with Crippen molar-refractivity contribution in [2.45, 2.75) is 31.8 Å². The average molecular weight is 260 g/mol. The van der Waals surface area contributed by atoms with Crippen LogP contribution < -0.4 is 10.1 Å². The van der Waals surface area contributed by atoms with Gasteiger partial charge in [-0.25, -0.2) is 0 Å². The molecule has 1 aromatic carbocycles. The van der Waals surface area contributed by atoms with Gasteiger partial charge < -0.3 is 15.0 Å². The summed E-state index contributed by atoms with van der Waals surface area (Å²) < 4.78 is 5.21. The highest BCUT2D eigenvalue weighted by Crippen LogP contribution is 2.29. The molecule has 3 aliphatic rings. The fraction of sp³-hybridized carbons (Fsp3) is 0.625. The predicted octanol–water partition coefficient (Wildman–Crippen LogP) is 2.44. The largest absolute Gasteiger partial charge is 0.497 e. The number of nitrogens with zero attached hydrogens (tertiary/aromatic N) is 1. The van der Waals surface area contributed by atoms with Crippen LogP contribution in [0, 0.1) is 5.92 Å². The lowest BCUT2D eigenvalue weighted by Gasteiger charge is -2.46. The monoisotopic (exact) mass is 260 g/mol. The SMILES string of the molecule is COc1ccc([C@@H](C)NC2CN3CCC2CC3)cc1. The van der Waals surface area contributed by atoms with Gasteiger partial charge in [0.05, 0.1) is 7.11 Å². The zero-order valence-electron chi connectivity index (χ0n) is 11.9. The Kier molecular flexibility index (Phi) is 3.76. The Morgan fingerprint density at radius 3 is 2.42 bits per heavy atom. The minimum atomic E-state index is 0.413. The quantitative estimate of drug-likeness (QED) is 0.900. The normalized spacial score (nSPS) is 31.2. The van der Waals surface area contributed by atoms with Crippen molar-refractivity contribution in [3.8, 4) is 5.75 Å². The Labute approximate surface area is 115 Å². The van der Waals surface area contributed by atoms with Gasteiger partial charge in [-0.2, -0.15) is 0 Å². The van der Waals surface area contributed by atoms with E-state index < -0.39 is 0 Å². The van der Waals surface area contributed by atoms with Crippen LogP contribution in [0.2, 0.25) is 0 Å². The first-order valence-electron chi connectivity index (χ1n) is 7.38. The molecule has 0 saturated carbocycles. The van der Waals surface area contributed by atoms with Crippen molar-refractivity contribution >= 4 is 0 Å². The summed E-state index contributed by atoms with van der Waals surface area (Å²) in [5.74, 6) is 1.81. The molecule has 4 rings (SSSR count). The van der Waals surface area contributed by atoms with E-state index in [0.717, 1.165) is 11.7 Å². The number of methoxy groups -OCH3 is 1. The summed E-state index contributed by atoms with van der Waals surface area (Å²) in [7, 11) is 1.71. The van der Waals surface area contributed by atoms with Crippen LogP contribution in [-0.2, 0) is 0 Å². The Bertz CT molecular complexity index is 409. The molecular formula is C16H24N2O. The number of benzene rings is 1. The third kappa shape index (κ3) is 2.77. The van der Waals surface area contributed by atoms with Crippen LogP contribution in [0.5, 0.6) is 5.75 Å². The molecule has 3 heterocycles. The summed E-state index contributed by atoms with van der Waals surface area (Å²) in [6.45, 7) is 6.10. The molecule has 3 fully saturated rings. The van der Waals surface area contributed by atoms with E-state index in [1.807, 2.05) is 12.1 Å². The number of hydrogen-bond acceptors (Lipinski definition) is 3. The molecule has 0 radical (unpaired) electrons. The lowest BCUT2D eigenvalue weighted by atomic mass is 9.83. The van der Waals surface area contributed by atoms with Crippen LogP contribution >= 0.6 is 0 Å². The van der Waals surface area contributed by atoms with Crippen molar-refractivity contribution in [3.63, 3.8) is 0 Å². The maximum absolute atomic E-state index is 5.21. The maximum Gasteiger partial charge on any atom is 0.118 e. The number of hydrogen-bond donors (Lipinski definition) is 1. The summed E-state index contributed by atoms with van der Waals surface area (Å²) in [4.78, 5) is 2.60. The van der Waals surface area contributed by atoms with E-state index in [-0.39, 0.29) is 0 Å². The van der Waals surface area contributed by atoms with Gasteiger partial charge >= 0.3 is 0 Å². The van der Waals surface area contributed by atoms with Crippen molar-refractivity contribution in [2.75, 3.05) is 26.7 Å². The molecule has 1 aromatic rings. The molecule has 104 valence electrons. The standard InChI is InChI=1S/C16H24N2O/c1-12(13-3-5-15(19-2)6-4-13)17-16-11-18-9-7-14(16)8-10-18/h3-6,12,14,16-17H,7-11H2,1-2H3/t12-,16?/m1/s1. The first-order valence-corrected chi connectivity index (χ1v) is 7.38. The van der Waals surface area contributed by atoms with Gasteiger partial charge in [0.1, 0.15) is 5.75 Å². The van der Waals surface area contributed by atoms with Gasteiger partial charge in [0.2, 0.25) is 0 Å². The Morgan fingerprint density at radius 1 is 1.21 bits per heavy atom. The second-order valence-corrected chi connectivity index (χ2v) is 5.91. The molecule has 3 nitrogen and oxygen atoms in total. The summed E-state index contributed by atoms with van der Waals surface area (Å²) in [5, 5.41) is 3.82. The van der Waals surface area contributed by atoms with Gasteiger partial charge in [-0.15, -0.1) is 0 Å². The number of fused-ring (bicyclic) bond motifs is 3. The van der Waals surface area contributed by atoms with Crippen LogP contribution in [-0.4, -0.2) is 37.7 Å². The number of rotatable bonds is 4. The number of piperidine rings is 3. The van der Waals surface area contributed by atoms with E-state index in [9.17, 15) is 0 Å². The molecule has 3 saturated heterocycles. The van der Waals surface area contributed by atoms with Crippen molar-refractivity contribution in [3.05, 3.63) is 29.8 Å². The third-order valence-corrected chi connectivity index (χ3v) is 4.74. The van der Waals surface area contributed by atoms with Gasteiger partial charge in [0.15, 0.2) is 0 Å². The maximum atomic E-state index is 5.21. The lowest BCUT2D eigenvalue weighted by Crippen LogP contribution is -2.56. The fourth-order valence-electron chi connectivity index (χ4n) is 3.46. The number of nitrogens with one attached hydrogen (secondary N) is 1. The fourth-order valence-corrected chi connectivity index (χ4v) is 3.46. The average Bonchev–Trinajstić information content (AvgIpc) is 2.48. The highest BCUT2D eigenvalue weighted by Gasteiger charge is 2.34. The van der Waals surface area contributed by atoms with Crippen molar-refractivity contribution < 1.29 is 4.74 Å². The summed E-state index contributed by atoms with van der Waals surface area (Å²) in [5.41, 5.74) is 1.34. The molecule has 1 unspecified atom stereocenters. The van der Waals surface area contributed by atoms with E-state index in [1.165, 1.54) is 38.0 Å². The predicted molar refractivity (Wildman–Crippen MR) is 77.5 cm³/mol. The van der Waals surface area contributed by atoms with E-state index in [0.29, 0.717) is 12.1 Å². The molecule has 2 bridgehead atoms. The third-order valence-electron chi connectivity index (χ3n) is 4.74. The van der Waals surface area contributed by atoms with Gasteiger partial charge in [0.25, 0.3) is 0 Å². The van der Waals surface area contributed by atoms with Crippen LogP contribution in [0.4, 0.5) is 0 Å². The molecule has 19 heavy (non-hydrogen) atoms. The second kappa shape index (κ2) is 5.51. The molecule has 0 amide bonds. The van der Waals surface area contributed by atoms with Gasteiger partial charge in [-0.05, 0) is 56.5 Å². The molecule has 3 aliphatic heterocycles. The zero-order chi connectivity index (χ0) is 13.2. The van der Waals surface area contributed by atoms with Crippen LogP contribution in [0.15, 0.2) is 24.3 Å². The molecule has 1 N–H and O–H groups in total.